The number of carbonyl (C=O) groups excluding carboxylic acids is 1. The zero-order valence-electron chi connectivity index (χ0n) is 19.9. The van der Waals surface area contributed by atoms with Gasteiger partial charge in [-0.15, -0.1) is 0 Å². The third-order valence-electron chi connectivity index (χ3n) is 5.60. The number of nitrogens with one attached hydrogen (secondary N) is 2. The number of benzene rings is 3. The Hall–Kier alpha value is -3.36. The van der Waals surface area contributed by atoms with Crippen molar-refractivity contribution in [2.45, 2.75) is 24.3 Å². The molecule has 0 aliphatic carbocycles. The molecule has 0 saturated heterocycles. The van der Waals surface area contributed by atoms with Crippen molar-refractivity contribution >= 4 is 21.6 Å². The van der Waals surface area contributed by atoms with E-state index in [1.54, 1.807) is 43.5 Å². The van der Waals surface area contributed by atoms with E-state index in [4.69, 9.17) is 4.74 Å². The molecule has 0 fully saturated rings. The predicted octanol–water partition coefficient (Wildman–Crippen LogP) is 4.09. The van der Waals surface area contributed by atoms with Gasteiger partial charge < -0.3 is 15.0 Å². The van der Waals surface area contributed by atoms with Crippen molar-refractivity contribution in [2.24, 2.45) is 0 Å². The van der Waals surface area contributed by atoms with Crippen LogP contribution in [-0.2, 0) is 16.4 Å². The zero-order valence-corrected chi connectivity index (χ0v) is 20.7. The van der Waals surface area contributed by atoms with Gasteiger partial charge in [0.2, 0.25) is 0 Å². The van der Waals surface area contributed by atoms with Crippen LogP contribution in [-0.4, -0.2) is 47.0 Å². The van der Waals surface area contributed by atoms with Crippen LogP contribution in [0, 0.1) is 0 Å². The number of carbonyl (C=O) groups is 1. The summed E-state index contributed by atoms with van der Waals surface area (Å²) in [4.78, 5) is 14.9. The first-order valence-electron chi connectivity index (χ1n) is 11.0. The van der Waals surface area contributed by atoms with E-state index >= 15 is 0 Å². The van der Waals surface area contributed by atoms with E-state index in [1.807, 2.05) is 19.0 Å². The SMILES string of the molecule is CCc1ccc(C(CNC(=O)c2cccc(S(=O)(=O)Nc3ccc(OC)cc3)c2)N(C)C)cc1. The molecule has 0 radical (unpaired) electrons. The van der Waals surface area contributed by atoms with Crippen LogP contribution in [0.5, 0.6) is 5.75 Å². The maximum atomic E-state index is 12.9. The zero-order chi connectivity index (χ0) is 24.7. The fraction of sp³-hybridized carbons (Fsp3) is 0.269. The van der Waals surface area contributed by atoms with Gasteiger partial charge in [0.1, 0.15) is 5.75 Å². The van der Waals surface area contributed by atoms with Crippen molar-refractivity contribution in [3.05, 3.63) is 89.5 Å². The van der Waals surface area contributed by atoms with Crippen LogP contribution < -0.4 is 14.8 Å². The first-order chi connectivity index (χ1) is 16.2. The smallest absolute Gasteiger partial charge is 0.261 e. The van der Waals surface area contributed by atoms with Gasteiger partial charge in [0.05, 0.1) is 18.0 Å². The Kier molecular flexibility index (Phi) is 8.31. The van der Waals surface area contributed by atoms with Gasteiger partial charge >= 0.3 is 0 Å². The molecule has 180 valence electrons. The molecule has 7 nitrogen and oxygen atoms in total. The lowest BCUT2D eigenvalue weighted by Gasteiger charge is -2.25. The number of methoxy groups -OCH3 is 1. The minimum Gasteiger partial charge on any atom is -0.497 e. The lowest BCUT2D eigenvalue weighted by molar-refractivity contribution is 0.0941. The fourth-order valence-electron chi connectivity index (χ4n) is 3.54. The fourth-order valence-corrected chi connectivity index (χ4v) is 4.65. The summed E-state index contributed by atoms with van der Waals surface area (Å²) in [6.07, 6.45) is 0.968. The molecule has 3 aromatic carbocycles. The lowest BCUT2D eigenvalue weighted by Crippen LogP contribution is -2.34. The van der Waals surface area contributed by atoms with Crippen LogP contribution in [0.25, 0.3) is 0 Å². The van der Waals surface area contributed by atoms with Crippen LogP contribution >= 0.6 is 0 Å². The Bertz CT molecular complexity index is 1210. The van der Waals surface area contributed by atoms with E-state index in [0.29, 0.717) is 18.0 Å². The average molecular weight is 482 g/mol. The van der Waals surface area contributed by atoms with Gasteiger partial charge in [-0.2, -0.15) is 0 Å². The van der Waals surface area contributed by atoms with Crippen LogP contribution in [0.15, 0.2) is 77.7 Å². The van der Waals surface area contributed by atoms with Crippen molar-refractivity contribution in [1.82, 2.24) is 10.2 Å². The molecule has 1 amide bonds. The van der Waals surface area contributed by atoms with Gasteiger partial charge in [0.25, 0.3) is 15.9 Å². The van der Waals surface area contributed by atoms with Gasteiger partial charge in [-0.05, 0) is 74.1 Å². The minimum absolute atomic E-state index is 0.00952. The molecule has 0 aliphatic heterocycles. The van der Waals surface area contributed by atoms with Gasteiger partial charge in [-0.1, -0.05) is 37.3 Å². The van der Waals surface area contributed by atoms with Crippen molar-refractivity contribution in [2.75, 3.05) is 32.5 Å². The number of likely N-dealkylation sites (N-methyl/N-ethyl adjacent to an activating group) is 1. The molecule has 0 saturated carbocycles. The second-order valence-corrected chi connectivity index (χ2v) is 9.83. The first-order valence-corrected chi connectivity index (χ1v) is 12.5. The van der Waals surface area contributed by atoms with E-state index in [9.17, 15) is 13.2 Å². The summed E-state index contributed by atoms with van der Waals surface area (Å²) in [5, 5.41) is 2.94. The highest BCUT2D eigenvalue weighted by Crippen LogP contribution is 2.21. The third-order valence-corrected chi connectivity index (χ3v) is 6.98. The first kappa shape index (κ1) is 25.3. The number of sulfonamides is 1. The Labute approximate surface area is 201 Å². The standard InChI is InChI=1S/C26H31N3O4S/c1-5-19-9-11-20(12-10-19)25(29(2)3)18-27-26(30)21-7-6-8-24(17-21)34(31,32)28-22-13-15-23(33-4)16-14-22/h6-17,25,28H,5,18H2,1-4H3,(H,27,30). The normalized spacial score (nSPS) is 12.3. The number of rotatable bonds is 10. The number of ether oxygens (including phenoxy) is 1. The highest BCUT2D eigenvalue weighted by Gasteiger charge is 2.19. The Morgan fingerprint density at radius 1 is 1.00 bits per heavy atom. The van der Waals surface area contributed by atoms with E-state index in [0.717, 1.165) is 12.0 Å². The van der Waals surface area contributed by atoms with Crippen LogP contribution in [0.1, 0.15) is 34.5 Å². The third kappa shape index (κ3) is 6.36. The summed E-state index contributed by atoms with van der Waals surface area (Å²) < 4.78 is 33.3. The molecule has 1 atom stereocenters. The average Bonchev–Trinajstić information content (AvgIpc) is 2.84. The number of amides is 1. The molecule has 0 bridgehead atoms. The molecule has 34 heavy (non-hydrogen) atoms. The largest absolute Gasteiger partial charge is 0.497 e. The van der Waals surface area contributed by atoms with Crippen LogP contribution in [0.4, 0.5) is 5.69 Å². The van der Waals surface area contributed by atoms with E-state index in [-0.39, 0.29) is 22.4 Å². The molecule has 0 aliphatic rings. The second-order valence-electron chi connectivity index (χ2n) is 8.15. The highest BCUT2D eigenvalue weighted by molar-refractivity contribution is 7.92. The number of nitrogens with zero attached hydrogens (tertiary/aromatic N) is 1. The van der Waals surface area contributed by atoms with Crippen molar-refractivity contribution < 1.29 is 17.9 Å². The Morgan fingerprint density at radius 3 is 2.26 bits per heavy atom. The molecule has 3 rings (SSSR count). The van der Waals surface area contributed by atoms with E-state index in [1.165, 1.54) is 17.7 Å². The number of aryl methyl sites for hydroxylation is 1. The van der Waals surface area contributed by atoms with Crippen LogP contribution in [0.2, 0.25) is 0 Å². The summed E-state index contributed by atoms with van der Waals surface area (Å²) in [6.45, 7) is 2.50. The van der Waals surface area contributed by atoms with Gasteiger partial charge in [-0.25, -0.2) is 8.42 Å². The molecule has 1 unspecified atom stereocenters. The topological polar surface area (TPSA) is 87.7 Å². The predicted molar refractivity (Wildman–Crippen MR) is 135 cm³/mol. The maximum absolute atomic E-state index is 12.9. The quantitative estimate of drug-likeness (QED) is 0.455. The van der Waals surface area contributed by atoms with Gasteiger partial charge in [0, 0.05) is 17.8 Å². The van der Waals surface area contributed by atoms with Crippen LogP contribution in [0.3, 0.4) is 0 Å². The number of hydrogen-bond donors (Lipinski definition) is 2. The van der Waals surface area contributed by atoms with E-state index in [2.05, 4.69) is 41.2 Å². The monoisotopic (exact) mass is 481 g/mol. The molecule has 0 spiro atoms. The van der Waals surface area contributed by atoms with Crippen molar-refractivity contribution in [3.8, 4) is 5.75 Å². The minimum atomic E-state index is -3.86. The van der Waals surface area contributed by atoms with Gasteiger partial charge in [-0.3, -0.25) is 9.52 Å². The highest BCUT2D eigenvalue weighted by atomic mass is 32.2. The maximum Gasteiger partial charge on any atom is 0.261 e. The summed E-state index contributed by atoms with van der Waals surface area (Å²) >= 11 is 0. The molecule has 8 heteroatoms. The van der Waals surface area contributed by atoms with Gasteiger partial charge in [0.15, 0.2) is 0 Å². The summed E-state index contributed by atoms with van der Waals surface area (Å²) in [5.74, 6) is 0.289. The molecule has 0 heterocycles. The number of anilines is 1. The summed E-state index contributed by atoms with van der Waals surface area (Å²) in [7, 11) is 1.60. The lowest BCUT2D eigenvalue weighted by atomic mass is 10.0. The Balaban J connectivity index is 1.71. The molecular formula is C26H31N3O4S. The van der Waals surface area contributed by atoms with Crippen molar-refractivity contribution in [1.29, 1.82) is 0 Å². The summed E-state index contributed by atoms with van der Waals surface area (Å²) in [6, 6.07) is 20.9. The molecule has 3 aromatic rings. The van der Waals surface area contributed by atoms with Crippen molar-refractivity contribution in [3.63, 3.8) is 0 Å². The molecule has 0 aromatic heterocycles. The summed E-state index contributed by atoms with van der Waals surface area (Å²) in [5.41, 5.74) is 3.03. The second kappa shape index (κ2) is 11.2. The number of hydrogen-bond acceptors (Lipinski definition) is 5. The van der Waals surface area contributed by atoms with E-state index < -0.39 is 10.0 Å². The molecule has 2 N–H and O–H groups in total. The Morgan fingerprint density at radius 2 is 1.68 bits per heavy atom. The molecular weight excluding hydrogens is 450 g/mol.